The lowest BCUT2D eigenvalue weighted by molar-refractivity contribution is -0.122. The predicted octanol–water partition coefficient (Wildman–Crippen LogP) is 1.90. The smallest absolute Gasteiger partial charge is 0.264 e. The lowest BCUT2D eigenvalue weighted by atomic mass is 10.1. The quantitative estimate of drug-likeness (QED) is 0.530. The van der Waals surface area contributed by atoms with Crippen LogP contribution in [-0.4, -0.2) is 45.2 Å². The highest BCUT2D eigenvalue weighted by molar-refractivity contribution is 7.89. The van der Waals surface area contributed by atoms with Gasteiger partial charge in [0.25, 0.3) is 15.9 Å². The topological polar surface area (TPSA) is 114 Å². The third-order valence-corrected chi connectivity index (χ3v) is 6.25. The highest BCUT2D eigenvalue weighted by Gasteiger charge is 2.38. The fraction of sp³-hybridized carbons (Fsp3) is 0.200. The Hall–Kier alpha value is -3.37. The number of likely N-dealkylation sites (N-methyl/N-ethyl adjacent to an activating group) is 1. The van der Waals surface area contributed by atoms with Gasteiger partial charge in [-0.3, -0.25) is 24.2 Å². The van der Waals surface area contributed by atoms with E-state index in [1.54, 1.807) is 36.4 Å². The van der Waals surface area contributed by atoms with E-state index in [1.165, 1.54) is 33.2 Å². The zero-order valence-electron chi connectivity index (χ0n) is 16.6. The lowest BCUT2D eigenvalue weighted by Crippen LogP contribution is -2.38. The summed E-state index contributed by atoms with van der Waals surface area (Å²) in [5, 5.41) is 2.64. The Morgan fingerprint density at radius 2 is 1.87 bits per heavy atom. The first kappa shape index (κ1) is 21.3. The van der Waals surface area contributed by atoms with Crippen molar-refractivity contribution in [3.05, 3.63) is 65.5 Å². The van der Waals surface area contributed by atoms with Crippen molar-refractivity contribution in [1.82, 2.24) is 9.79 Å². The minimum Gasteiger partial charge on any atom is -0.497 e. The summed E-state index contributed by atoms with van der Waals surface area (Å²) < 4.78 is 31.4. The van der Waals surface area contributed by atoms with Crippen molar-refractivity contribution in [3.63, 3.8) is 0 Å². The maximum atomic E-state index is 12.8. The Morgan fingerprint density at radius 3 is 2.60 bits per heavy atom. The first-order chi connectivity index (χ1) is 14.3. The summed E-state index contributed by atoms with van der Waals surface area (Å²) in [5.74, 6) is -0.319. The molecule has 158 valence electrons. The third-order valence-electron chi connectivity index (χ3n) is 4.44. The second kappa shape index (κ2) is 8.56. The molecule has 2 aromatic rings. The average molecular weight is 431 g/mol. The van der Waals surface area contributed by atoms with Gasteiger partial charge in [-0.1, -0.05) is 18.2 Å². The number of allylic oxidation sites excluding steroid dienone is 2. The molecule has 0 saturated heterocycles. The van der Waals surface area contributed by atoms with Gasteiger partial charge < -0.3 is 10.1 Å². The van der Waals surface area contributed by atoms with Crippen molar-refractivity contribution in [2.45, 2.75) is 11.8 Å². The number of ether oxygens (including phenoxy) is 1. The molecule has 1 aliphatic rings. The Balaban J connectivity index is 1.69. The number of rotatable bonds is 6. The molecule has 0 unspecified atom stereocenters. The molecule has 1 amide bonds. The Morgan fingerprint density at radius 1 is 1.13 bits per heavy atom. The summed E-state index contributed by atoms with van der Waals surface area (Å²) in [7, 11) is -1.06. The van der Waals surface area contributed by atoms with Gasteiger partial charge in [0.2, 0.25) is 5.78 Å². The van der Waals surface area contributed by atoms with E-state index in [4.69, 9.17) is 9.57 Å². The van der Waals surface area contributed by atoms with Crippen LogP contribution in [0.4, 0.5) is 5.69 Å². The van der Waals surface area contributed by atoms with E-state index in [1.807, 2.05) is 0 Å². The van der Waals surface area contributed by atoms with Crippen molar-refractivity contribution >= 4 is 27.4 Å². The number of Topliss-reactive ketones (excluding diaryl/α,β-unsaturated/α-hetero) is 1. The number of amides is 1. The van der Waals surface area contributed by atoms with Crippen LogP contribution in [0.3, 0.4) is 0 Å². The first-order valence-electron chi connectivity index (χ1n) is 8.91. The average Bonchev–Trinajstić information content (AvgIpc) is 2.73. The fourth-order valence-corrected chi connectivity index (χ4v) is 4.42. The van der Waals surface area contributed by atoms with E-state index in [0.29, 0.717) is 11.4 Å². The third kappa shape index (κ3) is 4.14. The second-order valence-electron chi connectivity index (χ2n) is 6.44. The Bertz CT molecular complexity index is 1130. The van der Waals surface area contributed by atoms with Crippen molar-refractivity contribution in [1.29, 1.82) is 0 Å². The summed E-state index contributed by atoms with van der Waals surface area (Å²) >= 11 is 0. The minimum atomic E-state index is -3.87. The van der Waals surface area contributed by atoms with Crippen LogP contribution in [0.2, 0.25) is 0 Å². The highest BCUT2D eigenvalue weighted by Crippen LogP contribution is 2.31. The van der Waals surface area contributed by atoms with E-state index < -0.39 is 21.7 Å². The molecule has 0 aromatic heterocycles. The maximum Gasteiger partial charge on any atom is 0.264 e. The molecule has 3 rings (SSSR count). The van der Waals surface area contributed by atoms with Gasteiger partial charge in [-0.25, -0.2) is 8.42 Å². The first-order valence-corrected chi connectivity index (χ1v) is 10.3. The molecule has 1 heterocycles. The molecular formula is C20H21N3O6S. The van der Waals surface area contributed by atoms with Gasteiger partial charge >= 0.3 is 0 Å². The van der Waals surface area contributed by atoms with E-state index >= 15 is 0 Å². The van der Waals surface area contributed by atoms with Gasteiger partial charge in [-0.15, -0.1) is 0 Å². The number of hydrogen-bond donors (Lipinski definition) is 2. The van der Waals surface area contributed by atoms with Crippen LogP contribution in [0.1, 0.15) is 17.3 Å². The van der Waals surface area contributed by atoms with E-state index in [2.05, 4.69) is 10.8 Å². The number of ketones is 1. The van der Waals surface area contributed by atoms with Crippen LogP contribution in [-0.2, 0) is 19.7 Å². The van der Waals surface area contributed by atoms with Crippen LogP contribution in [0.25, 0.3) is 0 Å². The fourth-order valence-electron chi connectivity index (χ4n) is 2.98. The van der Waals surface area contributed by atoms with Crippen molar-refractivity contribution in [3.8, 4) is 5.75 Å². The van der Waals surface area contributed by atoms with Gasteiger partial charge in [0.05, 0.1) is 17.7 Å². The van der Waals surface area contributed by atoms with E-state index in [9.17, 15) is 18.0 Å². The number of nitrogens with one attached hydrogen (secondary N) is 2. The number of hydrogen-bond acceptors (Lipinski definition) is 7. The molecule has 0 aliphatic carbocycles. The predicted molar refractivity (Wildman–Crippen MR) is 109 cm³/mol. The van der Waals surface area contributed by atoms with Crippen LogP contribution in [0.15, 0.2) is 64.8 Å². The molecule has 2 aromatic carbocycles. The minimum absolute atomic E-state index is 0.0485. The molecule has 30 heavy (non-hydrogen) atoms. The van der Waals surface area contributed by atoms with Crippen molar-refractivity contribution in [2.75, 3.05) is 26.1 Å². The van der Waals surface area contributed by atoms with Gasteiger partial charge in [0, 0.05) is 24.4 Å². The van der Waals surface area contributed by atoms with Gasteiger partial charge in [-0.05, 0) is 31.2 Å². The number of methoxy groups -OCH3 is 1. The molecule has 0 fully saturated rings. The van der Waals surface area contributed by atoms with Gasteiger partial charge in [0.1, 0.15) is 11.4 Å². The molecule has 0 radical (unpaired) electrons. The van der Waals surface area contributed by atoms with Crippen LogP contribution in [0.5, 0.6) is 5.75 Å². The van der Waals surface area contributed by atoms with E-state index in [-0.39, 0.29) is 28.5 Å². The van der Waals surface area contributed by atoms with Crippen LogP contribution >= 0.6 is 0 Å². The van der Waals surface area contributed by atoms with Crippen LogP contribution < -0.4 is 15.5 Å². The van der Waals surface area contributed by atoms with Gasteiger partial charge in [-0.2, -0.15) is 0 Å². The number of fused-ring (bicyclic) bond motifs is 1. The summed E-state index contributed by atoms with van der Waals surface area (Å²) in [6.45, 7) is 1.12. The van der Waals surface area contributed by atoms with Crippen molar-refractivity contribution in [2.24, 2.45) is 0 Å². The SMILES string of the molecule is COc1cccc(NC(=O)CONC(C)=C2C(=O)c3ccccc3S(=O)(=O)N2C)c1. The molecular weight excluding hydrogens is 410 g/mol. The Labute approximate surface area is 174 Å². The van der Waals surface area contributed by atoms with E-state index in [0.717, 1.165) is 4.31 Å². The number of hydroxylamine groups is 1. The molecule has 0 bridgehead atoms. The monoisotopic (exact) mass is 431 g/mol. The lowest BCUT2D eigenvalue weighted by Gasteiger charge is -2.29. The van der Waals surface area contributed by atoms with Gasteiger partial charge in [0.15, 0.2) is 6.61 Å². The molecule has 10 heteroatoms. The highest BCUT2D eigenvalue weighted by atomic mass is 32.2. The number of sulfonamides is 1. The molecule has 0 atom stereocenters. The number of anilines is 1. The molecule has 9 nitrogen and oxygen atoms in total. The molecule has 1 aliphatic heterocycles. The summed E-state index contributed by atoms with van der Waals surface area (Å²) in [6.07, 6.45) is 0. The van der Waals surface area contributed by atoms with Crippen molar-refractivity contribution < 1.29 is 27.6 Å². The largest absolute Gasteiger partial charge is 0.497 e. The molecule has 2 N–H and O–H groups in total. The number of carbonyl (C=O) groups is 2. The zero-order chi connectivity index (χ0) is 21.9. The number of benzene rings is 2. The summed E-state index contributed by atoms with van der Waals surface area (Å²) in [5.41, 5.74) is 3.18. The Kier molecular flexibility index (Phi) is 6.09. The number of carbonyl (C=O) groups excluding carboxylic acids is 2. The second-order valence-corrected chi connectivity index (χ2v) is 8.38. The summed E-state index contributed by atoms with van der Waals surface area (Å²) in [6, 6.07) is 12.8. The maximum absolute atomic E-state index is 12.8. The summed E-state index contributed by atoms with van der Waals surface area (Å²) in [4.78, 5) is 30.0. The molecule has 0 saturated carbocycles. The molecule has 0 spiro atoms. The number of nitrogens with zero attached hydrogens (tertiary/aromatic N) is 1. The zero-order valence-corrected chi connectivity index (χ0v) is 17.4. The normalized spacial score (nSPS) is 16.5. The van der Waals surface area contributed by atoms with Crippen LogP contribution in [0, 0.1) is 0 Å². The standard InChI is InChI=1S/C20H21N3O6S/c1-13(22-29-12-18(24)21-14-7-6-8-15(11-14)28-3)19-20(25)16-9-4-5-10-17(16)30(26,27)23(19)2/h4-11,22H,12H2,1-3H3,(H,21,24).